The summed E-state index contributed by atoms with van der Waals surface area (Å²) < 4.78 is 13.6. The van der Waals surface area contributed by atoms with Crippen LogP contribution in [0.4, 0.5) is 5.69 Å². The summed E-state index contributed by atoms with van der Waals surface area (Å²) in [6.45, 7) is 8.94. The van der Waals surface area contributed by atoms with Gasteiger partial charge in [-0.05, 0) is 86.9 Å². The van der Waals surface area contributed by atoms with Gasteiger partial charge < -0.3 is 24.3 Å². The summed E-state index contributed by atoms with van der Waals surface area (Å²) in [6.07, 6.45) is 1.83. The molecule has 2 aliphatic rings. The normalized spacial score (nSPS) is 18.6. The van der Waals surface area contributed by atoms with Gasteiger partial charge in [-0.25, -0.2) is 0 Å². The predicted octanol–water partition coefficient (Wildman–Crippen LogP) is 6.01. The lowest BCUT2D eigenvalue weighted by Gasteiger charge is -2.28. The van der Waals surface area contributed by atoms with Gasteiger partial charge in [0.25, 0.3) is 0 Å². The second kappa shape index (κ2) is 8.68. The van der Waals surface area contributed by atoms with E-state index in [0.717, 1.165) is 22.9 Å². The second-order valence-corrected chi connectivity index (χ2v) is 9.82. The van der Waals surface area contributed by atoms with Crippen molar-refractivity contribution in [2.75, 3.05) is 11.7 Å². The number of fused-ring (bicyclic) bond motifs is 1. The monoisotopic (exact) mass is 496 g/mol. The van der Waals surface area contributed by atoms with E-state index in [4.69, 9.17) is 26.7 Å². The van der Waals surface area contributed by atoms with E-state index in [2.05, 4.69) is 72.8 Å². The average molecular weight is 497 g/mol. The third-order valence-electron chi connectivity index (χ3n) is 7.18. The molecule has 6 rings (SSSR count). The molecule has 6 nitrogen and oxygen atoms in total. The molecule has 0 radical (unpaired) electrons. The number of rotatable bonds is 4. The highest BCUT2D eigenvalue weighted by Gasteiger charge is 2.42. The van der Waals surface area contributed by atoms with Crippen molar-refractivity contribution >= 4 is 23.0 Å². The topological polar surface area (TPSA) is 51.6 Å². The van der Waals surface area contributed by atoms with Crippen LogP contribution in [0.15, 0.2) is 66.9 Å². The summed E-state index contributed by atoms with van der Waals surface area (Å²) in [5, 5.41) is 4.23. The van der Waals surface area contributed by atoms with Crippen molar-refractivity contribution in [3.05, 3.63) is 101 Å². The van der Waals surface area contributed by atoms with Crippen LogP contribution in [0.2, 0.25) is 0 Å². The summed E-state index contributed by atoms with van der Waals surface area (Å²) in [7, 11) is 0. The van der Waals surface area contributed by atoms with Crippen molar-refractivity contribution in [3.63, 3.8) is 0 Å². The Morgan fingerprint density at radius 1 is 0.917 bits per heavy atom. The SMILES string of the molecule is Cc1cccc(C)c1-n1c(C)cc([C@H]2[C@H](c3ccccn3)NC(=S)N2c2ccc3c(c2)OCO3)c1C. The van der Waals surface area contributed by atoms with Gasteiger partial charge in [0.2, 0.25) is 6.79 Å². The molecule has 2 atom stereocenters. The van der Waals surface area contributed by atoms with E-state index in [9.17, 15) is 0 Å². The summed E-state index contributed by atoms with van der Waals surface area (Å²) in [5.41, 5.74) is 9.21. The van der Waals surface area contributed by atoms with Gasteiger partial charge in [0.05, 0.1) is 23.5 Å². The molecule has 0 saturated carbocycles. The highest BCUT2D eigenvalue weighted by atomic mass is 32.1. The number of pyridine rings is 1. The number of hydrogen-bond acceptors (Lipinski definition) is 4. The molecular formula is C29H28N4O2S. The molecule has 0 amide bonds. The summed E-state index contributed by atoms with van der Waals surface area (Å²) >= 11 is 5.93. The molecule has 2 aliphatic heterocycles. The number of benzene rings is 2. The first-order valence-electron chi connectivity index (χ1n) is 12.1. The first kappa shape index (κ1) is 22.6. The van der Waals surface area contributed by atoms with Gasteiger partial charge in [-0.2, -0.15) is 0 Å². The molecule has 1 fully saturated rings. The van der Waals surface area contributed by atoms with E-state index in [-0.39, 0.29) is 18.9 Å². The van der Waals surface area contributed by atoms with Crippen molar-refractivity contribution in [3.8, 4) is 17.2 Å². The number of para-hydroxylation sites is 1. The Bertz CT molecular complexity index is 1460. The molecule has 0 unspecified atom stereocenters. The number of hydrogen-bond donors (Lipinski definition) is 1. The van der Waals surface area contributed by atoms with Gasteiger partial charge >= 0.3 is 0 Å². The lowest BCUT2D eigenvalue weighted by atomic mass is 9.96. The molecule has 1 N–H and O–H groups in total. The molecule has 0 spiro atoms. The number of nitrogens with zero attached hydrogens (tertiary/aromatic N) is 3. The Labute approximate surface area is 216 Å². The van der Waals surface area contributed by atoms with Crippen LogP contribution in [0.5, 0.6) is 11.5 Å². The summed E-state index contributed by atoms with van der Waals surface area (Å²) in [5.74, 6) is 1.49. The van der Waals surface area contributed by atoms with Gasteiger partial charge in [-0.15, -0.1) is 0 Å². The first-order chi connectivity index (χ1) is 17.4. The molecule has 7 heteroatoms. The van der Waals surface area contributed by atoms with Crippen molar-refractivity contribution in [2.45, 2.75) is 39.8 Å². The number of nitrogens with one attached hydrogen (secondary N) is 1. The molecule has 0 aliphatic carbocycles. The molecule has 4 heterocycles. The zero-order valence-corrected chi connectivity index (χ0v) is 21.6. The van der Waals surface area contributed by atoms with Gasteiger partial charge in [-0.3, -0.25) is 4.98 Å². The Morgan fingerprint density at radius 3 is 2.44 bits per heavy atom. The van der Waals surface area contributed by atoms with Crippen LogP contribution in [-0.4, -0.2) is 21.5 Å². The molecule has 2 aromatic heterocycles. The predicted molar refractivity (Wildman–Crippen MR) is 145 cm³/mol. The number of aryl methyl sites for hydroxylation is 3. The van der Waals surface area contributed by atoms with E-state index >= 15 is 0 Å². The van der Waals surface area contributed by atoms with Crippen LogP contribution in [0.1, 0.15) is 45.9 Å². The van der Waals surface area contributed by atoms with Crippen molar-refractivity contribution in [1.29, 1.82) is 0 Å². The van der Waals surface area contributed by atoms with Crippen molar-refractivity contribution in [2.24, 2.45) is 0 Å². The van der Waals surface area contributed by atoms with Crippen LogP contribution in [-0.2, 0) is 0 Å². The molecule has 182 valence electrons. The maximum absolute atomic E-state index is 5.93. The fourth-order valence-electron chi connectivity index (χ4n) is 5.57. The Morgan fingerprint density at radius 2 is 1.69 bits per heavy atom. The summed E-state index contributed by atoms with van der Waals surface area (Å²) in [6, 6.07) is 20.5. The van der Waals surface area contributed by atoms with Crippen LogP contribution in [0.3, 0.4) is 0 Å². The molecule has 2 aromatic carbocycles. The quantitative estimate of drug-likeness (QED) is 0.349. The lowest BCUT2D eigenvalue weighted by molar-refractivity contribution is 0.174. The Kier molecular flexibility index (Phi) is 5.45. The smallest absolute Gasteiger partial charge is 0.231 e. The summed E-state index contributed by atoms with van der Waals surface area (Å²) in [4.78, 5) is 6.89. The van der Waals surface area contributed by atoms with Crippen LogP contribution >= 0.6 is 12.2 Å². The minimum Gasteiger partial charge on any atom is -0.454 e. The highest BCUT2D eigenvalue weighted by molar-refractivity contribution is 7.80. The minimum absolute atomic E-state index is 0.1000. The Hall–Kier alpha value is -3.84. The Balaban J connectivity index is 1.54. The van der Waals surface area contributed by atoms with E-state index in [1.165, 1.54) is 33.8 Å². The number of aromatic nitrogens is 2. The minimum atomic E-state index is -0.115. The largest absolute Gasteiger partial charge is 0.454 e. The zero-order chi connectivity index (χ0) is 25.0. The standard InChI is InChI=1S/C29H28N4O2S/c1-17-8-7-9-18(2)27(17)32-19(3)14-22(20(32)4)28-26(23-10-5-6-13-30-23)31-29(36)33(28)21-11-12-24-25(15-21)35-16-34-24/h5-15,26,28H,16H2,1-4H3,(H,31,36)/t26-,28-/m0/s1. The second-order valence-electron chi connectivity index (χ2n) is 9.44. The third-order valence-corrected chi connectivity index (χ3v) is 7.50. The molecule has 4 aromatic rings. The van der Waals surface area contributed by atoms with E-state index in [0.29, 0.717) is 5.11 Å². The van der Waals surface area contributed by atoms with E-state index < -0.39 is 0 Å². The third kappa shape index (κ3) is 3.54. The van der Waals surface area contributed by atoms with Crippen molar-refractivity contribution in [1.82, 2.24) is 14.9 Å². The van der Waals surface area contributed by atoms with Crippen LogP contribution < -0.4 is 19.7 Å². The molecular weight excluding hydrogens is 468 g/mol. The van der Waals surface area contributed by atoms with Gasteiger partial charge in [-0.1, -0.05) is 24.3 Å². The number of thiocarbonyl (C=S) groups is 1. The number of ether oxygens (including phenoxy) is 2. The number of anilines is 1. The van der Waals surface area contributed by atoms with Gasteiger partial charge in [0.1, 0.15) is 0 Å². The maximum atomic E-state index is 5.93. The average Bonchev–Trinajstić information content (AvgIpc) is 3.55. The maximum Gasteiger partial charge on any atom is 0.231 e. The zero-order valence-electron chi connectivity index (χ0n) is 20.8. The molecule has 1 saturated heterocycles. The fraction of sp³-hybridized carbons (Fsp3) is 0.241. The van der Waals surface area contributed by atoms with E-state index in [1.54, 1.807) is 0 Å². The van der Waals surface area contributed by atoms with Crippen LogP contribution in [0, 0.1) is 27.7 Å². The highest BCUT2D eigenvalue weighted by Crippen LogP contribution is 2.46. The van der Waals surface area contributed by atoms with Crippen LogP contribution in [0.25, 0.3) is 5.69 Å². The fourth-order valence-corrected chi connectivity index (χ4v) is 5.92. The van der Waals surface area contributed by atoms with Gasteiger partial charge in [0, 0.05) is 29.3 Å². The van der Waals surface area contributed by atoms with Crippen molar-refractivity contribution < 1.29 is 9.47 Å². The van der Waals surface area contributed by atoms with E-state index in [1.807, 2.05) is 36.5 Å². The lowest BCUT2D eigenvalue weighted by Crippen LogP contribution is -2.29. The molecule has 0 bridgehead atoms. The molecule has 36 heavy (non-hydrogen) atoms. The first-order valence-corrected chi connectivity index (χ1v) is 12.5. The van der Waals surface area contributed by atoms with Gasteiger partial charge in [0.15, 0.2) is 16.6 Å².